The summed E-state index contributed by atoms with van der Waals surface area (Å²) in [6.07, 6.45) is -3.45. The summed E-state index contributed by atoms with van der Waals surface area (Å²) >= 11 is 6.45. The summed E-state index contributed by atoms with van der Waals surface area (Å²) < 4.78 is 45.8. The highest BCUT2D eigenvalue weighted by atomic mass is 35.5. The largest absolute Gasteiger partial charge is 0.444 e. The minimum Gasteiger partial charge on any atom is -0.444 e. The number of carbonyl (C=O) groups excluding carboxylic acids is 4. The zero-order valence-electron chi connectivity index (χ0n) is 28.2. The Hall–Kier alpha value is -5.11. The van der Waals surface area contributed by atoms with Gasteiger partial charge >= 0.3 is 12.3 Å². The summed E-state index contributed by atoms with van der Waals surface area (Å²) in [7, 11) is 0. The van der Waals surface area contributed by atoms with Gasteiger partial charge in [-0.2, -0.15) is 23.5 Å². The molecule has 51 heavy (non-hydrogen) atoms. The van der Waals surface area contributed by atoms with Crippen LogP contribution in [0.5, 0.6) is 0 Å². The average molecular weight is 732 g/mol. The van der Waals surface area contributed by atoms with Crippen LogP contribution in [0.25, 0.3) is 0 Å². The predicted molar refractivity (Wildman–Crippen MR) is 177 cm³/mol. The summed E-state index contributed by atoms with van der Waals surface area (Å²) in [4.78, 5) is 63.4. The number of benzene rings is 1. The van der Waals surface area contributed by atoms with Crippen LogP contribution in [0.1, 0.15) is 77.2 Å². The molecule has 0 radical (unpaired) electrons. The third-order valence-electron chi connectivity index (χ3n) is 8.52. The lowest BCUT2D eigenvalue weighted by Gasteiger charge is -2.38. The van der Waals surface area contributed by atoms with E-state index in [1.165, 1.54) is 24.4 Å². The van der Waals surface area contributed by atoms with E-state index in [1.54, 1.807) is 41.5 Å². The number of rotatable bonds is 7. The van der Waals surface area contributed by atoms with E-state index < -0.39 is 23.4 Å². The van der Waals surface area contributed by atoms with E-state index in [2.05, 4.69) is 25.5 Å². The Kier molecular flexibility index (Phi) is 10.9. The van der Waals surface area contributed by atoms with Crippen LogP contribution in [0.2, 0.25) is 5.02 Å². The lowest BCUT2D eigenvalue weighted by molar-refractivity contribution is -0.141. The van der Waals surface area contributed by atoms with Gasteiger partial charge in [0.25, 0.3) is 11.8 Å². The van der Waals surface area contributed by atoms with Gasteiger partial charge in [0.1, 0.15) is 5.60 Å². The monoisotopic (exact) mass is 731 g/mol. The van der Waals surface area contributed by atoms with Crippen molar-refractivity contribution in [2.24, 2.45) is 5.92 Å². The topological polar surface area (TPSA) is 180 Å². The number of hydrogen-bond donors (Lipinski definition) is 3. The fourth-order valence-electron chi connectivity index (χ4n) is 5.96. The van der Waals surface area contributed by atoms with Crippen LogP contribution in [-0.2, 0) is 28.5 Å². The number of piperidine rings is 1. The first-order valence-corrected chi connectivity index (χ1v) is 16.6. The third kappa shape index (κ3) is 8.98. The highest BCUT2D eigenvalue weighted by Gasteiger charge is 2.38. The minimum absolute atomic E-state index is 0.00373. The number of hydrogen-bond acceptors (Lipinski definition) is 8. The van der Waals surface area contributed by atoms with Crippen molar-refractivity contribution in [2.45, 2.75) is 58.2 Å². The number of carbonyl (C=O) groups is 4. The molecule has 18 heteroatoms. The second-order valence-electron chi connectivity index (χ2n) is 13.3. The standard InChI is InChI=1S/C33H37ClF3N9O5/c1-32(2,3)51-31(50)46-10-7-19(8-11-46)29(48)44-12-14-45(15-13-44)30(49)22-5-4-20(17-24(22)34)41-28(47)27-39-18-21(40-27)16-23-25(6-9-38)42-43-26(23)33(35,36)37/h4-5,17-19H,6-8,10-16H2,1-3H3,(H,39,40)(H,41,47)(H,42,43). The van der Waals surface area contributed by atoms with Crippen LogP contribution in [0, 0.1) is 17.2 Å². The number of imidazole rings is 1. The highest BCUT2D eigenvalue weighted by molar-refractivity contribution is 6.34. The molecule has 4 amide bonds. The van der Waals surface area contributed by atoms with Crippen molar-refractivity contribution >= 4 is 41.1 Å². The van der Waals surface area contributed by atoms with E-state index in [9.17, 15) is 32.3 Å². The Morgan fingerprint density at radius 1 is 1.04 bits per heavy atom. The van der Waals surface area contributed by atoms with E-state index >= 15 is 0 Å². The van der Waals surface area contributed by atoms with Crippen molar-refractivity contribution < 1.29 is 37.1 Å². The Balaban J connectivity index is 1.13. The molecule has 0 aliphatic carbocycles. The van der Waals surface area contributed by atoms with Gasteiger partial charge in [0.15, 0.2) is 11.5 Å². The van der Waals surface area contributed by atoms with Gasteiger partial charge in [-0.1, -0.05) is 11.6 Å². The van der Waals surface area contributed by atoms with Crippen LogP contribution in [0.15, 0.2) is 24.4 Å². The van der Waals surface area contributed by atoms with Crippen molar-refractivity contribution in [3.05, 3.63) is 63.5 Å². The van der Waals surface area contributed by atoms with E-state index in [0.29, 0.717) is 52.1 Å². The smallest absolute Gasteiger partial charge is 0.435 e. The number of nitriles is 1. The van der Waals surface area contributed by atoms with Crippen molar-refractivity contribution in [2.75, 3.05) is 44.6 Å². The number of aromatic nitrogens is 4. The normalized spacial score (nSPS) is 15.8. The van der Waals surface area contributed by atoms with Crippen molar-refractivity contribution in [3.63, 3.8) is 0 Å². The summed E-state index contributed by atoms with van der Waals surface area (Å²) in [5.74, 6) is -1.42. The fourth-order valence-corrected chi connectivity index (χ4v) is 6.22. The molecule has 4 heterocycles. The first-order valence-electron chi connectivity index (χ1n) is 16.2. The second-order valence-corrected chi connectivity index (χ2v) is 13.7. The van der Waals surface area contributed by atoms with Crippen molar-refractivity contribution in [1.29, 1.82) is 5.26 Å². The van der Waals surface area contributed by atoms with Crippen LogP contribution in [0.4, 0.5) is 23.7 Å². The molecule has 272 valence electrons. The molecule has 0 unspecified atom stereocenters. The molecule has 5 rings (SSSR count). The number of alkyl halides is 3. The third-order valence-corrected chi connectivity index (χ3v) is 8.83. The number of nitrogens with one attached hydrogen (secondary N) is 3. The number of nitrogens with zero attached hydrogens (tertiary/aromatic N) is 6. The number of halogens is 4. The molecule has 1 aromatic carbocycles. The first-order chi connectivity index (χ1) is 24.0. The summed E-state index contributed by atoms with van der Waals surface area (Å²) in [5, 5.41) is 17.2. The van der Waals surface area contributed by atoms with E-state index in [4.69, 9.17) is 21.6 Å². The number of anilines is 1. The molecule has 2 aliphatic rings. The number of H-pyrrole nitrogens is 2. The number of ether oxygens (including phenoxy) is 1. The maximum atomic E-state index is 13.5. The summed E-state index contributed by atoms with van der Waals surface area (Å²) in [6, 6.07) is 6.15. The van der Waals surface area contributed by atoms with Crippen LogP contribution in [0.3, 0.4) is 0 Å². The van der Waals surface area contributed by atoms with Crippen molar-refractivity contribution in [3.8, 4) is 6.07 Å². The molecule has 2 aromatic heterocycles. The zero-order chi connectivity index (χ0) is 37.1. The first kappa shape index (κ1) is 37.2. The molecular formula is C33H37ClF3N9O5. The number of aromatic amines is 2. The molecule has 3 N–H and O–H groups in total. The van der Waals surface area contributed by atoms with Crippen molar-refractivity contribution in [1.82, 2.24) is 34.9 Å². The molecule has 3 aromatic rings. The van der Waals surface area contributed by atoms with Gasteiger partial charge in [0.2, 0.25) is 5.91 Å². The second kappa shape index (κ2) is 15.0. The maximum Gasteiger partial charge on any atom is 0.435 e. The van der Waals surface area contributed by atoms with Gasteiger partial charge in [-0.05, 0) is 51.8 Å². The minimum atomic E-state index is -4.75. The Labute approximate surface area is 296 Å². The molecular weight excluding hydrogens is 695 g/mol. The highest BCUT2D eigenvalue weighted by Crippen LogP contribution is 2.33. The van der Waals surface area contributed by atoms with Gasteiger partial charge in [0, 0.05) is 74.7 Å². The van der Waals surface area contributed by atoms with Gasteiger partial charge in [-0.3, -0.25) is 19.5 Å². The van der Waals surface area contributed by atoms with Gasteiger partial charge < -0.3 is 29.7 Å². The molecule has 0 atom stereocenters. The van der Waals surface area contributed by atoms with Gasteiger partial charge in [-0.25, -0.2) is 9.78 Å². The molecule has 2 aliphatic heterocycles. The van der Waals surface area contributed by atoms with E-state index in [0.717, 1.165) is 0 Å². The molecule has 0 saturated carbocycles. The molecule has 2 fully saturated rings. The molecule has 14 nitrogen and oxygen atoms in total. The number of piperazine rings is 1. The van der Waals surface area contributed by atoms with Crippen LogP contribution >= 0.6 is 11.6 Å². The number of amides is 4. The summed E-state index contributed by atoms with van der Waals surface area (Å²) in [6.45, 7) is 7.60. The van der Waals surface area contributed by atoms with E-state index in [1.807, 2.05) is 0 Å². The predicted octanol–water partition coefficient (Wildman–Crippen LogP) is 4.65. The fraction of sp³-hybridized carbons (Fsp3) is 0.485. The van der Waals surface area contributed by atoms with Gasteiger partial charge in [0.05, 0.1) is 28.8 Å². The Morgan fingerprint density at radius 3 is 2.31 bits per heavy atom. The zero-order valence-corrected chi connectivity index (χ0v) is 29.0. The number of likely N-dealkylation sites (tertiary alicyclic amines) is 1. The molecule has 0 spiro atoms. The summed E-state index contributed by atoms with van der Waals surface area (Å²) in [5.41, 5.74) is -1.31. The quantitative estimate of drug-likeness (QED) is 0.314. The average Bonchev–Trinajstić information content (AvgIpc) is 3.71. The Bertz CT molecular complexity index is 1830. The van der Waals surface area contributed by atoms with Gasteiger partial charge in [-0.15, -0.1) is 0 Å². The Morgan fingerprint density at radius 2 is 1.71 bits per heavy atom. The van der Waals surface area contributed by atoms with E-state index in [-0.39, 0.29) is 75.7 Å². The lowest BCUT2D eigenvalue weighted by atomic mass is 9.95. The maximum absolute atomic E-state index is 13.5. The van der Waals surface area contributed by atoms with Crippen LogP contribution in [-0.4, -0.2) is 104 Å². The molecule has 0 bridgehead atoms. The van der Waals surface area contributed by atoms with Crippen LogP contribution < -0.4 is 5.32 Å². The lowest BCUT2D eigenvalue weighted by Crippen LogP contribution is -2.53. The molecule has 2 saturated heterocycles. The SMILES string of the molecule is CC(C)(C)OC(=O)N1CCC(C(=O)N2CCN(C(=O)c3ccc(NC(=O)c4ncc(Cc5c(C(F)(F)F)n[nH]c5CC#N)[nH]4)cc3Cl)CC2)CC1.